The molecule has 0 amide bonds. The molecule has 20 heavy (non-hydrogen) atoms. The van der Waals surface area contributed by atoms with E-state index in [1.54, 1.807) is 0 Å². The molecule has 0 radical (unpaired) electrons. The van der Waals surface area contributed by atoms with Gasteiger partial charge in [-0.1, -0.05) is 32.1 Å². The van der Waals surface area contributed by atoms with E-state index in [2.05, 4.69) is 15.7 Å². The molecule has 110 valence electrons. The Hall–Kier alpha value is -1.89. The molecule has 7 heteroatoms. The van der Waals surface area contributed by atoms with Crippen molar-refractivity contribution < 1.29 is 4.92 Å². The maximum Gasteiger partial charge on any atom is 0.311 e. The first-order valence-electron chi connectivity index (χ1n) is 7.09. The summed E-state index contributed by atoms with van der Waals surface area (Å²) in [6.07, 6.45) is 8.12. The molecule has 1 aromatic heterocycles. The molecular formula is C13H21N5O2. The summed E-state index contributed by atoms with van der Waals surface area (Å²) in [4.78, 5) is 14.8. The Labute approximate surface area is 118 Å². The van der Waals surface area contributed by atoms with Crippen LogP contribution in [0.1, 0.15) is 44.9 Å². The summed E-state index contributed by atoms with van der Waals surface area (Å²) in [5.74, 6) is 6.04. The van der Waals surface area contributed by atoms with Gasteiger partial charge in [0.05, 0.1) is 4.92 Å². The number of nitrogens with one attached hydrogen (secondary N) is 2. The van der Waals surface area contributed by atoms with Crippen LogP contribution in [0.4, 0.5) is 17.3 Å². The zero-order valence-corrected chi connectivity index (χ0v) is 11.5. The first kappa shape index (κ1) is 14.5. The number of aromatic nitrogens is 1. The Balaban J connectivity index is 2.14. The van der Waals surface area contributed by atoms with Gasteiger partial charge in [-0.25, -0.2) is 10.8 Å². The van der Waals surface area contributed by atoms with Gasteiger partial charge in [0.2, 0.25) is 5.82 Å². The van der Waals surface area contributed by atoms with E-state index in [4.69, 9.17) is 5.84 Å². The Kier molecular flexibility index (Phi) is 5.11. The average Bonchev–Trinajstić information content (AvgIpc) is 2.41. The van der Waals surface area contributed by atoms with Crippen LogP contribution in [0, 0.1) is 10.1 Å². The fraction of sp³-hybridized carbons (Fsp3) is 0.615. The number of rotatable bonds is 4. The lowest BCUT2D eigenvalue weighted by molar-refractivity contribution is -0.384. The van der Waals surface area contributed by atoms with Gasteiger partial charge in [-0.05, 0) is 18.9 Å². The zero-order chi connectivity index (χ0) is 14.4. The molecule has 0 spiro atoms. The number of anilines is 2. The zero-order valence-electron chi connectivity index (χ0n) is 11.5. The number of nitrogens with zero attached hydrogens (tertiary/aromatic N) is 2. The van der Waals surface area contributed by atoms with Crippen LogP contribution < -0.4 is 16.6 Å². The third-order valence-corrected chi connectivity index (χ3v) is 3.66. The molecule has 7 nitrogen and oxygen atoms in total. The Morgan fingerprint density at radius 3 is 2.45 bits per heavy atom. The van der Waals surface area contributed by atoms with E-state index in [9.17, 15) is 10.1 Å². The van der Waals surface area contributed by atoms with Gasteiger partial charge in [0, 0.05) is 12.1 Å². The largest absolute Gasteiger partial charge is 0.362 e. The number of nitrogens with two attached hydrogens (primary N) is 1. The second-order valence-corrected chi connectivity index (χ2v) is 5.15. The molecule has 4 N–H and O–H groups in total. The van der Waals surface area contributed by atoms with Crippen LogP contribution in [-0.2, 0) is 0 Å². The Bertz CT molecular complexity index is 458. The van der Waals surface area contributed by atoms with Crippen LogP contribution in [0.25, 0.3) is 0 Å². The lowest BCUT2D eigenvalue weighted by Gasteiger charge is -2.21. The van der Waals surface area contributed by atoms with Gasteiger partial charge in [-0.3, -0.25) is 10.1 Å². The monoisotopic (exact) mass is 279 g/mol. The maximum absolute atomic E-state index is 11.1. The molecule has 1 saturated carbocycles. The third kappa shape index (κ3) is 3.80. The van der Waals surface area contributed by atoms with E-state index in [-0.39, 0.29) is 11.7 Å². The van der Waals surface area contributed by atoms with Gasteiger partial charge in [0.15, 0.2) is 0 Å². The molecule has 2 rings (SSSR count). The van der Waals surface area contributed by atoms with Crippen molar-refractivity contribution in [2.75, 3.05) is 10.7 Å². The lowest BCUT2D eigenvalue weighted by atomic mass is 9.97. The molecule has 1 aromatic rings. The first-order chi connectivity index (χ1) is 9.70. The van der Waals surface area contributed by atoms with Crippen molar-refractivity contribution in [2.24, 2.45) is 5.84 Å². The van der Waals surface area contributed by atoms with Crippen LogP contribution in [0.2, 0.25) is 0 Å². The molecule has 1 fully saturated rings. The number of hydrogen-bond donors (Lipinski definition) is 3. The fourth-order valence-electron chi connectivity index (χ4n) is 2.58. The van der Waals surface area contributed by atoms with Crippen molar-refractivity contribution in [3.05, 3.63) is 22.2 Å². The van der Waals surface area contributed by atoms with Gasteiger partial charge in [0.25, 0.3) is 0 Å². The normalized spacial score (nSPS) is 17.1. The second-order valence-electron chi connectivity index (χ2n) is 5.15. The fourth-order valence-corrected chi connectivity index (χ4v) is 2.58. The molecule has 0 aromatic carbocycles. The number of hydrogen-bond acceptors (Lipinski definition) is 6. The summed E-state index contributed by atoms with van der Waals surface area (Å²) in [6, 6.07) is 3.17. The SMILES string of the molecule is NNc1ccc([N+](=O)[O-])c(NC2CCCCCCC2)n1. The first-order valence-corrected chi connectivity index (χ1v) is 7.09. The van der Waals surface area contributed by atoms with E-state index >= 15 is 0 Å². The molecular weight excluding hydrogens is 258 g/mol. The summed E-state index contributed by atoms with van der Waals surface area (Å²) in [5, 5.41) is 14.3. The minimum absolute atomic E-state index is 0.00828. The predicted octanol–water partition coefficient (Wildman–Crippen LogP) is 2.80. The van der Waals surface area contributed by atoms with E-state index < -0.39 is 4.92 Å². The van der Waals surface area contributed by atoms with Gasteiger partial charge in [-0.15, -0.1) is 0 Å². The van der Waals surface area contributed by atoms with E-state index in [0.717, 1.165) is 25.7 Å². The highest BCUT2D eigenvalue weighted by atomic mass is 16.6. The molecule has 0 atom stereocenters. The molecule has 0 saturated heterocycles. The number of hydrazine groups is 1. The quantitative estimate of drug-likeness (QED) is 0.444. The third-order valence-electron chi connectivity index (χ3n) is 3.66. The molecule has 1 aliphatic carbocycles. The molecule has 0 aliphatic heterocycles. The van der Waals surface area contributed by atoms with Crippen LogP contribution in [0.15, 0.2) is 12.1 Å². The topological polar surface area (TPSA) is 106 Å². The highest BCUT2D eigenvalue weighted by Crippen LogP contribution is 2.27. The van der Waals surface area contributed by atoms with Gasteiger partial charge in [0.1, 0.15) is 5.82 Å². The minimum Gasteiger partial charge on any atom is -0.362 e. The smallest absolute Gasteiger partial charge is 0.311 e. The molecule has 1 heterocycles. The van der Waals surface area contributed by atoms with Gasteiger partial charge in [-0.2, -0.15) is 0 Å². The summed E-state index contributed by atoms with van der Waals surface area (Å²) >= 11 is 0. The molecule has 0 unspecified atom stereocenters. The highest BCUT2D eigenvalue weighted by molar-refractivity contribution is 5.60. The number of nitro groups is 1. The van der Waals surface area contributed by atoms with Crippen LogP contribution in [-0.4, -0.2) is 15.9 Å². The van der Waals surface area contributed by atoms with Crippen LogP contribution in [0.5, 0.6) is 0 Å². The van der Waals surface area contributed by atoms with E-state index in [0.29, 0.717) is 11.6 Å². The minimum atomic E-state index is -0.418. The molecule has 0 bridgehead atoms. The van der Waals surface area contributed by atoms with Gasteiger partial charge < -0.3 is 10.7 Å². The van der Waals surface area contributed by atoms with Crippen molar-refractivity contribution >= 4 is 17.3 Å². The molecule has 1 aliphatic rings. The highest BCUT2D eigenvalue weighted by Gasteiger charge is 2.19. The van der Waals surface area contributed by atoms with E-state index in [1.807, 2.05) is 0 Å². The number of nitrogen functional groups attached to an aromatic ring is 1. The Morgan fingerprint density at radius 1 is 1.20 bits per heavy atom. The predicted molar refractivity (Wildman–Crippen MR) is 78.4 cm³/mol. The van der Waals surface area contributed by atoms with Crippen molar-refractivity contribution in [1.29, 1.82) is 0 Å². The van der Waals surface area contributed by atoms with Crippen molar-refractivity contribution in [2.45, 2.75) is 51.0 Å². The Morgan fingerprint density at radius 2 is 1.85 bits per heavy atom. The van der Waals surface area contributed by atoms with Crippen molar-refractivity contribution in [1.82, 2.24) is 4.98 Å². The number of pyridine rings is 1. The maximum atomic E-state index is 11.1. The van der Waals surface area contributed by atoms with E-state index in [1.165, 1.54) is 31.4 Å². The average molecular weight is 279 g/mol. The summed E-state index contributed by atoms with van der Waals surface area (Å²) in [7, 11) is 0. The summed E-state index contributed by atoms with van der Waals surface area (Å²) < 4.78 is 0. The van der Waals surface area contributed by atoms with Crippen LogP contribution in [0.3, 0.4) is 0 Å². The van der Waals surface area contributed by atoms with Crippen LogP contribution >= 0.6 is 0 Å². The second kappa shape index (κ2) is 7.04. The summed E-state index contributed by atoms with van der Waals surface area (Å²) in [6.45, 7) is 0. The lowest BCUT2D eigenvalue weighted by Crippen LogP contribution is -2.22. The summed E-state index contributed by atoms with van der Waals surface area (Å²) in [5.41, 5.74) is 2.41. The standard InChI is InChI=1S/C13H21N5O2/c14-17-12-9-8-11(18(19)20)13(16-12)15-10-6-4-2-1-3-5-7-10/h8-10H,1-7,14H2,(H2,15,16,17). The van der Waals surface area contributed by atoms with Crippen molar-refractivity contribution in [3.63, 3.8) is 0 Å². The van der Waals surface area contributed by atoms with Crippen molar-refractivity contribution in [3.8, 4) is 0 Å². The van der Waals surface area contributed by atoms with Gasteiger partial charge >= 0.3 is 5.69 Å².